The predicted molar refractivity (Wildman–Crippen MR) is 88.9 cm³/mol. The Balaban J connectivity index is 1.90. The molecule has 0 saturated heterocycles. The lowest BCUT2D eigenvalue weighted by molar-refractivity contribution is 0.378. The van der Waals surface area contributed by atoms with Crippen LogP contribution < -0.4 is 5.32 Å². The summed E-state index contributed by atoms with van der Waals surface area (Å²) in [6.45, 7) is 2.78. The Hall–Kier alpha value is -0.740. The zero-order valence-electron chi connectivity index (χ0n) is 12.5. The van der Waals surface area contributed by atoms with Crippen LogP contribution in [0.25, 0.3) is 0 Å². The lowest BCUT2D eigenvalue weighted by Crippen LogP contribution is -2.22. The van der Waals surface area contributed by atoms with E-state index in [0.717, 1.165) is 25.1 Å². The van der Waals surface area contributed by atoms with E-state index in [1.807, 2.05) is 19.1 Å². The fraction of sp³-hybridized carbons (Fsp3) is 0.625. The second kappa shape index (κ2) is 7.50. The van der Waals surface area contributed by atoms with Crippen LogP contribution in [0.2, 0.25) is 0 Å². The monoisotopic (exact) mass is 329 g/mol. The first-order valence-electron chi connectivity index (χ1n) is 7.72. The molecule has 1 aliphatic carbocycles. The van der Waals surface area contributed by atoms with E-state index in [4.69, 9.17) is 11.6 Å². The van der Waals surface area contributed by atoms with Crippen molar-refractivity contribution in [1.29, 1.82) is 0 Å². The highest BCUT2D eigenvalue weighted by molar-refractivity contribution is 7.91. The van der Waals surface area contributed by atoms with Gasteiger partial charge in [-0.1, -0.05) is 13.3 Å². The Kier molecular flexibility index (Phi) is 5.94. The maximum Gasteiger partial charge on any atom is 0.178 e. The van der Waals surface area contributed by atoms with Crippen LogP contribution in [0, 0.1) is 5.92 Å². The molecule has 5 heteroatoms. The molecule has 0 heterocycles. The van der Waals surface area contributed by atoms with Gasteiger partial charge in [0.2, 0.25) is 0 Å². The summed E-state index contributed by atoms with van der Waals surface area (Å²) in [5.74, 6) is 0.823. The molecule has 1 aliphatic rings. The number of anilines is 1. The molecule has 1 aromatic carbocycles. The fourth-order valence-corrected chi connectivity index (χ4v) is 4.57. The van der Waals surface area contributed by atoms with E-state index in [2.05, 4.69) is 5.32 Å². The summed E-state index contributed by atoms with van der Waals surface area (Å²) in [4.78, 5) is 0.411. The molecule has 0 aromatic heterocycles. The molecule has 118 valence electrons. The zero-order valence-corrected chi connectivity index (χ0v) is 14.1. The maximum absolute atomic E-state index is 11.9. The smallest absolute Gasteiger partial charge is 0.178 e. The molecule has 21 heavy (non-hydrogen) atoms. The Morgan fingerprint density at radius 3 is 2.57 bits per heavy atom. The van der Waals surface area contributed by atoms with Crippen LogP contribution in [-0.2, 0) is 9.84 Å². The van der Waals surface area contributed by atoms with E-state index in [-0.39, 0.29) is 5.75 Å². The van der Waals surface area contributed by atoms with Gasteiger partial charge < -0.3 is 5.32 Å². The average Bonchev–Trinajstić information content (AvgIpc) is 2.46. The first-order chi connectivity index (χ1) is 10.0. The first kappa shape index (κ1) is 16.6. The molecule has 1 saturated carbocycles. The van der Waals surface area contributed by atoms with Gasteiger partial charge in [-0.3, -0.25) is 0 Å². The van der Waals surface area contributed by atoms with Gasteiger partial charge in [-0.15, -0.1) is 11.6 Å². The lowest BCUT2D eigenvalue weighted by atomic mass is 9.89. The second-order valence-electron chi connectivity index (χ2n) is 5.85. The highest BCUT2D eigenvalue weighted by Crippen LogP contribution is 2.28. The summed E-state index contributed by atoms with van der Waals surface area (Å²) in [6.07, 6.45) is 5.26. The molecule has 0 aliphatic heterocycles. The van der Waals surface area contributed by atoms with Crippen molar-refractivity contribution < 1.29 is 8.42 Å². The summed E-state index contributed by atoms with van der Waals surface area (Å²) < 4.78 is 23.9. The van der Waals surface area contributed by atoms with Crippen molar-refractivity contribution in [2.24, 2.45) is 5.92 Å². The largest absolute Gasteiger partial charge is 0.385 e. The van der Waals surface area contributed by atoms with Crippen LogP contribution in [0.15, 0.2) is 29.2 Å². The maximum atomic E-state index is 11.9. The normalized spacial score (nSPS) is 23.0. The highest BCUT2D eigenvalue weighted by Gasteiger charge is 2.20. The Morgan fingerprint density at radius 1 is 1.24 bits per heavy atom. The quantitative estimate of drug-likeness (QED) is 0.800. The van der Waals surface area contributed by atoms with Gasteiger partial charge in [0.05, 0.1) is 10.6 Å². The van der Waals surface area contributed by atoms with Crippen LogP contribution >= 0.6 is 11.6 Å². The van der Waals surface area contributed by atoms with Gasteiger partial charge in [-0.2, -0.15) is 0 Å². The summed E-state index contributed by atoms with van der Waals surface area (Å²) in [5.41, 5.74) is 0.974. The van der Waals surface area contributed by atoms with Crippen molar-refractivity contribution in [3.63, 3.8) is 0 Å². The van der Waals surface area contributed by atoms with E-state index < -0.39 is 9.84 Å². The molecule has 2 atom stereocenters. The summed E-state index contributed by atoms with van der Waals surface area (Å²) in [6, 6.07) is 7.09. The Morgan fingerprint density at radius 2 is 1.95 bits per heavy atom. The molecule has 0 amide bonds. The molecule has 1 aromatic rings. The lowest BCUT2D eigenvalue weighted by Gasteiger charge is -2.25. The number of nitrogens with one attached hydrogen (secondary N) is 1. The van der Waals surface area contributed by atoms with Crippen LogP contribution in [-0.4, -0.2) is 26.1 Å². The van der Waals surface area contributed by atoms with E-state index >= 15 is 0 Å². The minimum atomic E-state index is -3.12. The minimum Gasteiger partial charge on any atom is -0.385 e. The van der Waals surface area contributed by atoms with Gasteiger partial charge >= 0.3 is 0 Å². The first-order valence-corrected chi connectivity index (χ1v) is 9.81. The third kappa shape index (κ3) is 4.89. The molecule has 0 radical (unpaired) electrons. The van der Waals surface area contributed by atoms with Gasteiger partial charge in [0.25, 0.3) is 0 Å². The molecule has 3 nitrogen and oxygen atoms in total. The van der Waals surface area contributed by atoms with Crippen LogP contribution in [0.4, 0.5) is 5.69 Å². The number of hydrogen-bond donors (Lipinski definition) is 1. The van der Waals surface area contributed by atoms with Crippen molar-refractivity contribution in [2.45, 2.75) is 49.3 Å². The summed E-state index contributed by atoms with van der Waals surface area (Å²) >= 11 is 6.20. The van der Waals surface area contributed by atoms with E-state index in [1.165, 1.54) is 12.8 Å². The molecule has 2 unspecified atom stereocenters. The topological polar surface area (TPSA) is 46.2 Å². The minimum absolute atomic E-state index is 0.207. The van der Waals surface area contributed by atoms with Crippen molar-refractivity contribution >= 4 is 27.1 Å². The standard InChI is InChI=1S/C16H24ClNO2S/c1-2-10-21(19,20)16-8-6-15(7-9-16)18-12-13-4-3-5-14(17)11-13/h6-9,13-14,18H,2-5,10-12H2,1H3. The fourth-order valence-electron chi connectivity index (χ4n) is 2.84. The summed E-state index contributed by atoms with van der Waals surface area (Å²) in [7, 11) is -3.12. The van der Waals surface area contributed by atoms with Crippen LogP contribution in [0.1, 0.15) is 39.0 Å². The second-order valence-corrected chi connectivity index (χ2v) is 8.58. The predicted octanol–water partition coefficient (Wildman–Crippen LogP) is 4.08. The van der Waals surface area contributed by atoms with E-state index in [0.29, 0.717) is 22.6 Å². The molecular weight excluding hydrogens is 306 g/mol. The van der Waals surface area contributed by atoms with Gasteiger partial charge in [0, 0.05) is 17.6 Å². The van der Waals surface area contributed by atoms with Gasteiger partial charge in [-0.25, -0.2) is 8.42 Å². The molecule has 1 fully saturated rings. The number of benzene rings is 1. The van der Waals surface area contributed by atoms with E-state index in [1.54, 1.807) is 12.1 Å². The molecule has 0 bridgehead atoms. The molecule has 2 rings (SSSR count). The number of alkyl halides is 1. The molecule has 0 spiro atoms. The zero-order chi connectivity index (χ0) is 15.3. The SMILES string of the molecule is CCCS(=O)(=O)c1ccc(NCC2CCCC(Cl)C2)cc1. The highest BCUT2D eigenvalue weighted by atomic mass is 35.5. The number of halogens is 1. The average molecular weight is 330 g/mol. The van der Waals surface area contributed by atoms with Crippen molar-refractivity contribution in [1.82, 2.24) is 0 Å². The van der Waals surface area contributed by atoms with Gasteiger partial charge in [0.15, 0.2) is 9.84 Å². The van der Waals surface area contributed by atoms with Crippen LogP contribution in [0.3, 0.4) is 0 Å². The van der Waals surface area contributed by atoms with Crippen molar-refractivity contribution in [3.05, 3.63) is 24.3 Å². The van der Waals surface area contributed by atoms with Crippen molar-refractivity contribution in [3.8, 4) is 0 Å². The molecular formula is C16H24ClNO2S. The third-order valence-electron chi connectivity index (χ3n) is 4.00. The summed E-state index contributed by atoms with van der Waals surface area (Å²) in [5, 5.41) is 3.70. The van der Waals surface area contributed by atoms with E-state index in [9.17, 15) is 8.42 Å². The van der Waals surface area contributed by atoms with Crippen molar-refractivity contribution in [2.75, 3.05) is 17.6 Å². The number of rotatable bonds is 6. The molecule has 1 N–H and O–H groups in total. The number of hydrogen-bond acceptors (Lipinski definition) is 3. The van der Waals surface area contributed by atoms with Crippen LogP contribution in [0.5, 0.6) is 0 Å². The number of sulfone groups is 1. The van der Waals surface area contributed by atoms with Gasteiger partial charge in [0.1, 0.15) is 0 Å². The Labute approximate surface area is 133 Å². The third-order valence-corrected chi connectivity index (χ3v) is 6.33. The van der Waals surface area contributed by atoms with Gasteiger partial charge in [-0.05, 0) is 55.9 Å². The Bertz CT molecular complexity index is 542.